The lowest BCUT2D eigenvalue weighted by molar-refractivity contribution is -0.115. The van der Waals surface area contributed by atoms with Crippen molar-refractivity contribution in [2.75, 3.05) is 18.2 Å². The van der Waals surface area contributed by atoms with Crippen LogP contribution in [0.15, 0.2) is 51.8 Å². The van der Waals surface area contributed by atoms with Crippen molar-refractivity contribution in [2.24, 2.45) is 0 Å². The summed E-state index contributed by atoms with van der Waals surface area (Å²) in [6, 6.07) is 13.8. The average molecular weight is 383 g/mol. The maximum atomic E-state index is 12.1. The number of aromatic nitrogens is 2. The number of ether oxygens (including phenoxy) is 1. The van der Waals surface area contributed by atoms with E-state index < -0.39 is 0 Å². The number of benzene rings is 2. The van der Waals surface area contributed by atoms with Gasteiger partial charge in [0, 0.05) is 22.6 Å². The number of anilines is 1. The molecule has 27 heavy (non-hydrogen) atoms. The summed E-state index contributed by atoms with van der Waals surface area (Å²) in [5.41, 5.74) is 3.18. The van der Waals surface area contributed by atoms with Crippen LogP contribution in [0.5, 0.6) is 5.75 Å². The minimum Gasteiger partial charge on any atom is -0.497 e. The fourth-order valence-corrected chi connectivity index (χ4v) is 3.23. The van der Waals surface area contributed by atoms with Gasteiger partial charge in [0.2, 0.25) is 11.8 Å². The summed E-state index contributed by atoms with van der Waals surface area (Å²) in [4.78, 5) is 13.2. The molecule has 1 N–H and O–H groups in total. The molecule has 0 aliphatic rings. The first-order chi connectivity index (χ1) is 13.0. The van der Waals surface area contributed by atoms with E-state index in [-0.39, 0.29) is 11.9 Å². The van der Waals surface area contributed by atoms with Gasteiger partial charge in [0.05, 0.1) is 7.11 Å². The summed E-state index contributed by atoms with van der Waals surface area (Å²) in [7, 11) is 1.63. The molecular formula is C20H21N3O3S. The van der Waals surface area contributed by atoms with Gasteiger partial charge in [-0.15, -0.1) is 16.9 Å². The highest BCUT2D eigenvalue weighted by atomic mass is 32.2. The van der Waals surface area contributed by atoms with Crippen LogP contribution in [-0.4, -0.2) is 29.0 Å². The molecule has 0 fully saturated rings. The number of nitrogens with zero attached hydrogens (tertiary/aromatic N) is 2. The zero-order valence-corrected chi connectivity index (χ0v) is 16.3. The summed E-state index contributed by atoms with van der Waals surface area (Å²) in [5.74, 6) is 1.69. The van der Waals surface area contributed by atoms with Crippen molar-refractivity contribution in [1.29, 1.82) is 0 Å². The van der Waals surface area contributed by atoms with Gasteiger partial charge in [-0.2, -0.15) is 0 Å². The monoisotopic (exact) mass is 383 g/mol. The Kier molecular flexibility index (Phi) is 6.13. The van der Waals surface area contributed by atoms with E-state index in [0.717, 1.165) is 21.8 Å². The quantitative estimate of drug-likeness (QED) is 0.606. The Labute approximate surface area is 162 Å². The Morgan fingerprint density at radius 2 is 1.89 bits per heavy atom. The average Bonchev–Trinajstić information content (AvgIpc) is 3.13. The molecule has 1 heterocycles. The predicted octanol–water partition coefficient (Wildman–Crippen LogP) is 4.48. The van der Waals surface area contributed by atoms with Crippen LogP contribution in [0.4, 0.5) is 6.01 Å². The van der Waals surface area contributed by atoms with E-state index in [4.69, 9.17) is 9.15 Å². The zero-order valence-electron chi connectivity index (χ0n) is 15.5. The van der Waals surface area contributed by atoms with E-state index in [1.807, 2.05) is 56.3 Å². The van der Waals surface area contributed by atoms with Crippen LogP contribution >= 0.6 is 11.8 Å². The van der Waals surface area contributed by atoms with E-state index >= 15 is 0 Å². The molecule has 0 aliphatic heterocycles. The molecule has 0 aliphatic carbocycles. The van der Waals surface area contributed by atoms with Crippen LogP contribution < -0.4 is 10.1 Å². The van der Waals surface area contributed by atoms with Gasteiger partial charge in [0.15, 0.2) is 0 Å². The fraction of sp³-hybridized carbons (Fsp3) is 0.250. The molecule has 0 saturated heterocycles. The van der Waals surface area contributed by atoms with Crippen molar-refractivity contribution in [2.45, 2.75) is 25.2 Å². The summed E-state index contributed by atoms with van der Waals surface area (Å²) in [6.07, 6.45) is 0.345. The predicted molar refractivity (Wildman–Crippen MR) is 106 cm³/mol. The lowest BCUT2D eigenvalue weighted by Crippen LogP contribution is -2.12. The van der Waals surface area contributed by atoms with Crippen LogP contribution in [0, 0.1) is 13.8 Å². The van der Waals surface area contributed by atoms with Gasteiger partial charge >= 0.3 is 6.01 Å². The van der Waals surface area contributed by atoms with Crippen LogP contribution in [-0.2, 0) is 4.79 Å². The molecule has 0 radical (unpaired) electrons. The zero-order chi connectivity index (χ0) is 19.2. The van der Waals surface area contributed by atoms with Crippen molar-refractivity contribution < 1.29 is 13.9 Å². The smallest absolute Gasteiger partial charge is 0.322 e. The van der Waals surface area contributed by atoms with Gasteiger partial charge < -0.3 is 9.15 Å². The third-order valence-electron chi connectivity index (χ3n) is 4.08. The molecule has 1 aromatic heterocycles. The number of thioether (sulfide) groups is 1. The van der Waals surface area contributed by atoms with Crippen molar-refractivity contribution in [1.82, 2.24) is 10.2 Å². The van der Waals surface area contributed by atoms with Gasteiger partial charge in [-0.05, 0) is 61.4 Å². The van der Waals surface area contributed by atoms with Crippen molar-refractivity contribution >= 4 is 23.7 Å². The summed E-state index contributed by atoms with van der Waals surface area (Å²) in [5, 5.41) is 10.6. The third kappa shape index (κ3) is 5.10. The van der Waals surface area contributed by atoms with E-state index in [0.29, 0.717) is 18.1 Å². The van der Waals surface area contributed by atoms with Gasteiger partial charge in [0.1, 0.15) is 5.75 Å². The maximum Gasteiger partial charge on any atom is 0.322 e. The van der Waals surface area contributed by atoms with Crippen molar-refractivity contribution in [3.05, 3.63) is 53.6 Å². The minimum atomic E-state index is -0.161. The topological polar surface area (TPSA) is 77.2 Å². The minimum absolute atomic E-state index is 0.114. The first-order valence-corrected chi connectivity index (χ1v) is 9.51. The lowest BCUT2D eigenvalue weighted by Gasteiger charge is -2.03. The van der Waals surface area contributed by atoms with Crippen molar-refractivity contribution in [3.8, 4) is 17.2 Å². The molecule has 0 spiro atoms. The molecule has 0 bridgehead atoms. The number of rotatable bonds is 7. The number of carbonyl (C=O) groups excluding carboxylic acids is 1. The summed E-state index contributed by atoms with van der Waals surface area (Å²) < 4.78 is 10.7. The van der Waals surface area contributed by atoms with Crippen LogP contribution in [0.2, 0.25) is 0 Å². The number of aryl methyl sites for hydroxylation is 2. The number of hydrogen-bond acceptors (Lipinski definition) is 6. The molecule has 7 heteroatoms. The summed E-state index contributed by atoms with van der Waals surface area (Å²) >= 11 is 1.60. The fourth-order valence-electron chi connectivity index (χ4n) is 2.38. The first kappa shape index (κ1) is 19.0. The van der Waals surface area contributed by atoms with E-state index in [2.05, 4.69) is 15.5 Å². The molecule has 0 saturated carbocycles. The molecular weight excluding hydrogens is 362 g/mol. The van der Waals surface area contributed by atoms with Gasteiger partial charge in [-0.3, -0.25) is 10.1 Å². The normalized spacial score (nSPS) is 10.6. The molecule has 140 valence electrons. The molecule has 6 nitrogen and oxygen atoms in total. The second kappa shape index (κ2) is 8.73. The highest BCUT2D eigenvalue weighted by Crippen LogP contribution is 2.24. The molecule has 3 aromatic rings. The summed E-state index contributed by atoms with van der Waals surface area (Å²) in [6.45, 7) is 4.07. The molecule has 0 atom stereocenters. The number of hydrogen-bond donors (Lipinski definition) is 1. The molecule has 0 unspecified atom stereocenters. The van der Waals surface area contributed by atoms with Gasteiger partial charge in [-0.1, -0.05) is 11.2 Å². The molecule has 2 aromatic carbocycles. The first-order valence-electron chi connectivity index (χ1n) is 8.53. The number of carbonyl (C=O) groups is 1. The highest BCUT2D eigenvalue weighted by Gasteiger charge is 2.12. The molecule has 1 amide bonds. The van der Waals surface area contributed by atoms with Crippen LogP contribution in [0.25, 0.3) is 11.5 Å². The van der Waals surface area contributed by atoms with Crippen LogP contribution in [0.3, 0.4) is 0 Å². The second-order valence-electron chi connectivity index (χ2n) is 6.03. The third-order valence-corrected chi connectivity index (χ3v) is 5.10. The Balaban J connectivity index is 1.50. The Bertz CT molecular complexity index is 922. The second-order valence-corrected chi connectivity index (χ2v) is 7.20. The van der Waals surface area contributed by atoms with Crippen molar-refractivity contribution in [3.63, 3.8) is 0 Å². The van der Waals surface area contributed by atoms with E-state index in [1.165, 1.54) is 5.56 Å². The molecule has 3 rings (SSSR count). The van der Waals surface area contributed by atoms with Gasteiger partial charge in [0.25, 0.3) is 0 Å². The lowest BCUT2D eigenvalue weighted by atomic mass is 10.1. The maximum absolute atomic E-state index is 12.1. The highest BCUT2D eigenvalue weighted by molar-refractivity contribution is 7.99. The Hall–Kier alpha value is -2.80. The Morgan fingerprint density at radius 3 is 2.59 bits per heavy atom. The largest absolute Gasteiger partial charge is 0.497 e. The SMILES string of the molecule is COc1ccc(SCCC(=O)Nc2nnc(-c3ccc(C)c(C)c3)o2)cc1. The van der Waals surface area contributed by atoms with E-state index in [9.17, 15) is 4.79 Å². The number of nitrogens with one attached hydrogen (secondary N) is 1. The van der Waals surface area contributed by atoms with E-state index in [1.54, 1.807) is 18.9 Å². The van der Waals surface area contributed by atoms with Crippen LogP contribution in [0.1, 0.15) is 17.5 Å². The Morgan fingerprint density at radius 1 is 1.11 bits per heavy atom. The van der Waals surface area contributed by atoms with Gasteiger partial charge in [-0.25, -0.2) is 0 Å². The number of amides is 1. The standard InChI is InChI=1S/C20H21N3O3S/c1-13-4-5-15(12-14(13)2)19-22-23-20(26-19)21-18(24)10-11-27-17-8-6-16(25-3)7-9-17/h4-9,12H,10-11H2,1-3H3,(H,21,23,24). The number of methoxy groups -OCH3 is 1.